The zero-order valence-corrected chi connectivity index (χ0v) is 19.7. The number of nitrogens with zero attached hydrogens (tertiary/aromatic N) is 4. The minimum absolute atomic E-state index is 0.0988. The van der Waals surface area contributed by atoms with E-state index in [9.17, 15) is 4.79 Å². The molecule has 8 heteroatoms. The van der Waals surface area contributed by atoms with Crippen LogP contribution >= 0.6 is 23.2 Å². The second-order valence-electron chi connectivity index (χ2n) is 7.47. The van der Waals surface area contributed by atoms with Crippen LogP contribution in [0.1, 0.15) is 50.3 Å². The summed E-state index contributed by atoms with van der Waals surface area (Å²) in [6.07, 6.45) is 5.87. The van der Waals surface area contributed by atoms with E-state index in [0.29, 0.717) is 27.7 Å². The van der Waals surface area contributed by atoms with Crippen LogP contribution in [0.3, 0.4) is 0 Å². The van der Waals surface area contributed by atoms with Gasteiger partial charge in [-0.3, -0.25) is 9.98 Å². The van der Waals surface area contributed by atoms with Crippen molar-refractivity contribution in [2.45, 2.75) is 45.2 Å². The van der Waals surface area contributed by atoms with E-state index >= 15 is 0 Å². The summed E-state index contributed by atoms with van der Waals surface area (Å²) in [6.45, 7) is 9.40. The zero-order valence-electron chi connectivity index (χ0n) is 18.2. The lowest BCUT2D eigenvalue weighted by Gasteiger charge is -2.36. The molecule has 2 rings (SSSR count). The molecular weight excluding hydrogens is 421 g/mol. The van der Waals surface area contributed by atoms with Crippen LogP contribution in [0.5, 0.6) is 0 Å². The van der Waals surface area contributed by atoms with Crippen LogP contribution in [-0.4, -0.2) is 62.0 Å². The molecule has 1 atom stereocenters. The maximum Gasteiger partial charge on any atom is 0.317 e. The Morgan fingerprint density at radius 1 is 1.37 bits per heavy atom. The summed E-state index contributed by atoms with van der Waals surface area (Å²) >= 11 is 13.2. The average Bonchev–Trinajstić information content (AvgIpc) is 2.75. The van der Waals surface area contributed by atoms with Crippen molar-refractivity contribution < 1.29 is 4.79 Å². The number of amides is 2. The van der Waals surface area contributed by atoms with Gasteiger partial charge in [0.1, 0.15) is 0 Å². The lowest BCUT2D eigenvalue weighted by Crippen LogP contribution is -2.48. The van der Waals surface area contributed by atoms with E-state index in [0.717, 1.165) is 31.5 Å². The van der Waals surface area contributed by atoms with Gasteiger partial charge in [0.15, 0.2) is 0 Å². The molecule has 1 fully saturated rings. The first-order valence-corrected chi connectivity index (χ1v) is 10.9. The first kappa shape index (κ1) is 24.4. The van der Waals surface area contributed by atoms with E-state index < -0.39 is 0 Å². The van der Waals surface area contributed by atoms with E-state index in [1.54, 1.807) is 12.4 Å². The minimum Gasteiger partial charge on any atom is -0.331 e. The van der Waals surface area contributed by atoms with Crippen molar-refractivity contribution in [3.05, 3.63) is 39.5 Å². The summed E-state index contributed by atoms with van der Waals surface area (Å²) < 4.78 is 0. The number of benzene rings is 1. The number of nitrogens with one attached hydrogen (secondary N) is 1. The fraction of sp³-hybridized carbons (Fsp3) is 0.500. The van der Waals surface area contributed by atoms with Gasteiger partial charge in [-0.1, -0.05) is 42.3 Å². The fourth-order valence-corrected chi connectivity index (χ4v) is 4.14. The molecule has 1 N–H and O–H groups in total. The quantitative estimate of drug-likeness (QED) is 0.573. The number of piperidine rings is 1. The van der Waals surface area contributed by atoms with Gasteiger partial charge in [0.05, 0.1) is 28.0 Å². The molecule has 1 heterocycles. The zero-order chi connectivity index (χ0) is 22.3. The molecule has 0 aromatic heterocycles. The normalized spacial score (nSPS) is 17.2. The summed E-state index contributed by atoms with van der Waals surface area (Å²) in [7, 11) is 3.96. The van der Waals surface area contributed by atoms with Gasteiger partial charge in [-0.15, -0.1) is 0 Å². The van der Waals surface area contributed by atoms with Gasteiger partial charge < -0.3 is 15.1 Å². The molecule has 1 aliphatic rings. The Hall–Kier alpha value is -1.89. The molecular formula is C22H31Cl2N5O. The first-order valence-electron chi connectivity index (χ1n) is 10.2. The van der Waals surface area contributed by atoms with Crippen LogP contribution < -0.4 is 5.32 Å². The molecule has 2 amide bonds. The Morgan fingerprint density at radius 3 is 2.60 bits per heavy atom. The molecule has 164 valence electrons. The SMILES string of the molecule is C=N/C(=C\N=C/C)c1ccc([C@H](CC)NC(=O)N(C)C2CCN(C)CC2)c(Cl)c1Cl. The summed E-state index contributed by atoms with van der Waals surface area (Å²) in [5.41, 5.74) is 1.96. The van der Waals surface area contributed by atoms with Crippen LogP contribution in [0.2, 0.25) is 10.0 Å². The Bertz CT molecular complexity index is 816. The van der Waals surface area contributed by atoms with Crippen molar-refractivity contribution in [3.63, 3.8) is 0 Å². The van der Waals surface area contributed by atoms with Crippen LogP contribution in [0.25, 0.3) is 5.70 Å². The molecule has 1 aliphatic heterocycles. The van der Waals surface area contributed by atoms with Crippen molar-refractivity contribution in [2.24, 2.45) is 9.98 Å². The molecule has 1 aromatic carbocycles. The monoisotopic (exact) mass is 451 g/mol. The molecule has 1 aromatic rings. The third kappa shape index (κ3) is 5.84. The largest absolute Gasteiger partial charge is 0.331 e. The Balaban J connectivity index is 2.21. The number of urea groups is 1. The van der Waals surface area contributed by atoms with Gasteiger partial charge in [0.25, 0.3) is 0 Å². The van der Waals surface area contributed by atoms with Gasteiger partial charge in [0.2, 0.25) is 0 Å². The Kier molecular flexibility index (Phi) is 9.34. The smallest absolute Gasteiger partial charge is 0.317 e. The van der Waals surface area contributed by atoms with Gasteiger partial charge in [-0.25, -0.2) is 4.79 Å². The molecule has 0 bridgehead atoms. The summed E-state index contributed by atoms with van der Waals surface area (Å²) in [6, 6.07) is 3.61. The van der Waals surface area contributed by atoms with Crippen LogP contribution in [-0.2, 0) is 0 Å². The maximum atomic E-state index is 12.9. The number of hydrogen-bond donors (Lipinski definition) is 1. The van der Waals surface area contributed by atoms with Crippen molar-refractivity contribution in [1.82, 2.24) is 15.1 Å². The van der Waals surface area contributed by atoms with Gasteiger partial charge in [-0.05, 0) is 58.6 Å². The molecule has 0 saturated carbocycles. The Labute approximate surface area is 189 Å². The second kappa shape index (κ2) is 11.5. The average molecular weight is 452 g/mol. The summed E-state index contributed by atoms with van der Waals surface area (Å²) in [5.74, 6) is 0. The number of carbonyl (C=O) groups excluding carboxylic acids is 1. The van der Waals surface area contributed by atoms with Crippen LogP contribution in [0.4, 0.5) is 4.79 Å². The molecule has 30 heavy (non-hydrogen) atoms. The molecule has 0 spiro atoms. The molecule has 0 aliphatic carbocycles. The van der Waals surface area contributed by atoms with Crippen molar-refractivity contribution in [2.75, 3.05) is 27.2 Å². The van der Waals surface area contributed by atoms with Crippen molar-refractivity contribution in [3.8, 4) is 0 Å². The molecule has 0 radical (unpaired) electrons. The fourth-order valence-electron chi connectivity index (χ4n) is 3.57. The van der Waals surface area contributed by atoms with E-state index in [2.05, 4.69) is 34.0 Å². The van der Waals surface area contributed by atoms with E-state index in [1.807, 2.05) is 37.9 Å². The van der Waals surface area contributed by atoms with Gasteiger partial charge >= 0.3 is 6.03 Å². The molecule has 6 nitrogen and oxygen atoms in total. The number of carbonyl (C=O) groups is 1. The van der Waals surface area contributed by atoms with Crippen LogP contribution in [0.15, 0.2) is 28.3 Å². The highest BCUT2D eigenvalue weighted by Gasteiger charge is 2.26. The number of rotatable bonds is 7. The number of hydrogen-bond acceptors (Lipinski definition) is 4. The number of aliphatic imine (C=N–C) groups is 2. The molecule has 0 unspecified atom stereocenters. The van der Waals surface area contributed by atoms with Crippen molar-refractivity contribution >= 4 is 47.9 Å². The Morgan fingerprint density at radius 2 is 2.03 bits per heavy atom. The van der Waals surface area contributed by atoms with E-state index in [4.69, 9.17) is 23.2 Å². The van der Waals surface area contributed by atoms with E-state index in [-0.39, 0.29) is 18.1 Å². The minimum atomic E-state index is -0.247. The molecule has 1 saturated heterocycles. The predicted molar refractivity (Wildman–Crippen MR) is 128 cm³/mol. The third-order valence-electron chi connectivity index (χ3n) is 5.54. The van der Waals surface area contributed by atoms with E-state index in [1.165, 1.54) is 0 Å². The summed E-state index contributed by atoms with van der Waals surface area (Å²) in [5, 5.41) is 3.88. The topological polar surface area (TPSA) is 60.3 Å². The highest BCUT2D eigenvalue weighted by Crippen LogP contribution is 2.37. The third-order valence-corrected chi connectivity index (χ3v) is 6.44. The lowest BCUT2D eigenvalue weighted by atomic mass is 10.0. The van der Waals surface area contributed by atoms with Gasteiger partial charge in [-0.2, -0.15) is 0 Å². The maximum absolute atomic E-state index is 12.9. The standard InChI is InChI=1S/C22H31Cl2N5O/c1-6-18(27-22(30)29(5)15-10-12-28(4)13-11-15)16-8-9-17(21(24)20(16)23)19(25-3)14-26-7-2/h7-9,14-15,18H,3,6,10-13H2,1-2,4-5H3,(H,27,30)/b19-14-,26-7-/t18-/m0/s1. The van der Waals surface area contributed by atoms with Gasteiger partial charge in [0, 0.05) is 24.9 Å². The van der Waals surface area contributed by atoms with Crippen molar-refractivity contribution in [1.29, 1.82) is 0 Å². The number of halogens is 2. The lowest BCUT2D eigenvalue weighted by molar-refractivity contribution is 0.145. The highest BCUT2D eigenvalue weighted by molar-refractivity contribution is 6.43. The predicted octanol–water partition coefficient (Wildman–Crippen LogP) is 5.27. The summed E-state index contributed by atoms with van der Waals surface area (Å²) in [4.78, 5) is 25.1. The highest BCUT2D eigenvalue weighted by atomic mass is 35.5. The first-order chi connectivity index (χ1) is 14.3. The second-order valence-corrected chi connectivity index (χ2v) is 8.22. The van der Waals surface area contributed by atoms with Crippen LogP contribution in [0, 0.1) is 0 Å². The number of likely N-dealkylation sites (tertiary alicyclic amines) is 1.